The second-order valence-electron chi connectivity index (χ2n) is 9.43. The molecule has 4 rings (SSSR count). The molecule has 170 valence electrons. The van der Waals surface area contributed by atoms with Gasteiger partial charge in [-0.2, -0.15) is 0 Å². The molecule has 2 aromatic heterocycles. The van der Waals surface area contributed by atoms with Crippen LogP contribution in [0.2, 0.25) is 0 Å². The average molecular weight is 441 g/mol. The van der Waals surface area contributed by atoms with E-state index < -0.39 is 0 Å². The summed E-state index contributed by atoms with van der Waals surface area (Å²) < 4.78 is 0. The van der Waals surface area contributed by atoms with E-state index in [1.165, 1.54) is 5.56 Å². The van der Waals surface area contributed by atoms with Crippen molar-refractivity contribution in [1.82, 2.24) is 9.97 Å². The van der Waals surface area contributed by atoms with Crippen LogP contribution in [0.4, 0.5) is 0 Å². The average Bonchev–Trinajstić information content (AvgIpc) is 3.42. The molecule has 1 aliphatic heterocycles. The largest absolute Gasteiger partial charge is 0.359 e. The summed E-state index contributed by atoms with van der Waals surface area (Å²) in [6.45, 7) is 20.0. The Labute approximate surface area is 195 Å². The van der Waals surface area contributed by atoms with Crippen molar-refractivity contribution in [2.75, 3.05) is 0 Å². The molecule has 0 bridgehead atoms. The van der Waals surface area contributed by atoms with Crippen molar-refractivity contribution >= 4 is 34.9 Å². The third-order valence-electron chi connectivity index (χ3n) is 6.34. The first kappa shape index (κ1) is 22.7. The summed E-state index contributed by atoms with van der Waals surface area (Å²) in [6, 6.07) is 2.14. The van der Waals surface area contributed by atoms with E-state index >= 15 is 0 Å². The summed E-state index contributed by atoms with van der Waals surface area (Å²) in [5.41, 5.74) is 10.6. The van der Waals surface area contributed by atoms with E-state index in [0.717, 1.165) is 67.9 Å². The predicted molar refractivity (Wildman–Crippen MR) is 138 cm³/mol. The van der Waals surface area contributed by atoms with Crippen LogP contribution in [0, 0.1) is 26.7 Å². The van der Waals surface area contributed by atoms with Crippen molar-refractivity contribution in [3.8, 4) is 0 Å². The van der Waals surface area contributed by atoms with Crippen LogP contribution in [0.5, 0.6) is 0 Å². The maximum Gasteiger partial charge on any atom is 0.169 e. The molecule has 33 heavy (non-hydrogen) atoms. The number of nitrogens with one attached hydrogen (secondary N) is 2. The lowest BCUT2D eigenvalue weighted by Crippen LogP contribution is -2.17. The van der Waals surface area contributed by atoms with Gasteiger partial charge in [0.2, 0.25) is 0 Å². The molecule has 0 saturated heterocycles. The molecular formula is C28H32N4O. The van der Waals surface area contributed by atoms with Crippen molar-refractivity contribution in [2.45, 2.75) is 54.4 Å². The maximum absolute atomic E-state index is 13.0. The highest BCUT2D eigenvalue weighted by molar-refractivity contribution is 6.28. The predicted octanol–water partition coefficient (Wildman–Crippen LogP) is 4.86. The van der Waals surface area contributed by atoms with Gasteiger partial charge >= 0.3 is 0 Å². The van der Waals surface area contributed by atoms with Crippen LogP contribution in [0.1, 0.15) is 66.5 Å². The molecular weight excluding hydrogens is 408 g/mol. The highest BCUT2D eigenvalue weighted by Gasteiger charge is 2.31. The number of ketones is 1. The van der Waals surface area contributed by atoms with Gasteiger partial charge in [-0.3, -0.25) is 14.8 Å². The summed E-state index contributed by atoms with van der Waals surface area (Å²) in [5.74, 6) is 0.445. The number of H-pyrrole nitrogens is 2. The van der Waals surface area contributed by atoms with E-state index in [4.69, 9.17) is 4.99 Å². The second-order valence-corrected chi connectivity index (χ2v) is 9.43. The summed E-state index contributed by atoms with van der Waals surface area (Å²) in [6.07, 6.45) is 5.33. The number of fused-ring (bicyclic) bond motifs is 1. The molecule has 0 aromatic carbocycles. The summed E-state index contributed by atoms with van der Waals surface area (Å²) in [4.78, 5) is 29.4. The lowest BCUT2D eigenvalue weighted by atomic mass is 9.99. The van der Waals surface area contributed by atoms with Gasteiger partial charge in [0, 0.05) is 57.3 Å². The van der Waals surface area contributed by atoms with Crippen LogP contribution in [-0.2, 0) is 0 Å². The van der Waals surface area contributed by atoms with Gasteiger partial charge in [0.25, 0.3) is 0 Å². The Kier molecular flexibility index (Phi) is 5.83. The van der Waals surface area contributed by atoms with Crippen molar-refractivity contribution in [3.05, 3.63) is 75.0 Å². The fourth-order valence-electron chi connectivity index (χ4n) is 4.63. The van der Waals surface area contributed by atoms with Crippen molar-refractivity contribution in [3.63, 3.8) is 0 Å². The van der Waals surface area contributed by atoms with Crippen molar-refractivity contribution < 1.29 is 4.79 Å². The molecule has 2 N–H and O–H groups in total. The van der Waals surface area contributed by atoms with E-state index in [9.17, 15) is 4.79 Å². The molecule has 0 amide bonds. The third kappa shape index (κ3) is 4.28. The number of carbonyl (C=O) groups excluding carboxylic acids is 1. The first-order valence-electron chi connectivity index (χ1n) is 11.4. The van der Waals surface area contributed by atoms with Gasteiger partial charge in [-0.1, -0.05) is 20.1 Å². The van der Waals surface area contributed by atoms with Gasteiger partial charge in [0.15, 0.2) is 5.78 Å². The number of aliphatic imine (C=N–C) groups is 2. The minimum Gasteiger partial charge on any atom is -0.359 e. The SMILES string of the molecule is C=C(C)N=C(/C=c1\[nH]c2c(c1C)C(=O)CC=2C1=N/C(=C\c2[nH]c(C)cc2C)C(C)C1)C(=C)C. The molecule has 0 saturated carbocycles. The van der Waals surface area contributed by atoms with Crippen LogP contribution in [0.25, 0.3) is 17.7 Å². The molecule has 1 atom stereocenters. The first-order chi connectivity index (χ1) is 15.5. The minimum atomic E-state index is 0.144. The number of carbonyl (C=O) groups is 1. The third-order valence-corrected chi connectivity index (χ3v) is 6.34. The van der Waals surface area contributed by atoms with Gasteiger partial charge in [-0.15, -0.1) is 0 Å². The van der Waals surface area contributed by atoms with Gasteiger partial charge in [-0.05, 0) is 76.0 Å². The Bertz CT molecular complexity index is 1420. The van der Waals surface area contributed by atoms with E-state index in [0.29, 0.717) is 18.0 Å². The van der Waals surface area contributed by atoms with Crippen LogP contribution >= 0.6 is 0 Å². The lowest BCUT2D eigenvalue weighted by Gasteiger charge is -2.03. The van der Waals surface area contributed by atoms with Gasteiger partial charge in [0.1, 0.15) is 0 Å². The zero-order valence-corrected chi connectivity index (χ0v) is 20.4. The van der Waals surface area contributed by atoms with E-state index in [-0.39, 0.29) is 5.78 Å². The Morgan fingerprint density at radius 2 is 1.94 bits per heavy atom. The summed E-state index contributed by atoms with van der Waals surface area (Å²) in [5, 5.41) is 1.78. The van der Waals surface area contributed by atoms with Crippen LogP contribution in [0.3, 0.4) is 0 Å². The molecule has 3 heterocycles. The fraction of sp³-hybridized carbons (Fsp3) is 0.321. The standard InChI is InChI=1S/C28H32N4O/c1-14(2)21(29-15(3)4)12-24-19(8)27-26(33)11-20(28(27)32-24)25-10-17(6)23(31-25)13-22-16(5)9-18(7)30-22/h9,12-13,17,30,32H,1,3,10-11H2,2,4-8H3/b23-13-,24-12-,29-21?. The highest BCUT2D eigenvalue weighted by atomic mass is 16.1. The molecule has 0 spiro atoms. The molecule has 2 aliphatic rings. The minimum absolute atomic E-state index is 0.144. The van der Waals surface area contributed by atoms with Gasteiger partial charge in [-0.25, -0.2) is 0 Å². The number of Topliss-reactive ketones (excluding diaryl/α,β-unsaturated/α-hetero) is 1. The Morgan fingerprint density at radius 1 is 1.21 bits per heavy atom. The van der Waals surface area contributed by atoms with Crippen LogP contribution in [0.15, 0.2) is 46.2 Å². The number of aryl methyl sites for hydroxylation is 2. The summed E-state index contributed by atoms with van der Waals surface area (Å²) in [7, 11) is 0. The number of rotatable bonds is 5. The monoisotopic (exact) mass is 440 g/mol. The molecule has 5 heteroatoms. The highest BCUT2D eigenvalue weighted by Crippen LogP contribution is 2.32. The summed E-state index contributed by atoms with van der Waals surface area (Å²) >= 11 is 0. The van der Waals surface area contributed by atoms with Crippen LogP contribution in [-0.4, -0.2) is 27.2 Å². The van der Waals surface area contributed by atoms with Crippen LogP contribution < -0.4 is 10.7 Å². The molecule has 1 unspecified atom stereocenters. The van der Waals surface area contributed by atoms with Crippen molar-refractivity contribution in [1.29, 1.82) is 0 Å². The Hall–Kier alpha value is -3.47. The zero-order valence-electron chi connectivity index (χ0n) is 20.4. The number of allylic oxidation sites excluding steroid dienone is 3. The number of aromatic amines is 2. The van der Waals surface area contributed by atoms with Crippen molar-refractivity contribution in [2.24, 2.45) is 15.9 Å². The Morgan fingerprint density at radius 3 is 2.55 bits per heavy atom. The number of hydrogen-bond acceptors (Lipinski definition) is 3. The van der Waals surface area contributed by atoms with Gasteiger partial charge < -0.3 is 9.97 Å². The number of nitrogens with zero attached hydrogens (tertiary/aromatic N) is 2. The molecule has 0 fully saturated rings. The lowest BCUT2D eigenvalue weighted by molar-refractivity contribution is 0.100. The van der Waals surface area contributed by atoms with E-state index in [1.54, 1.807) is 0 Å². The second kappa shape index (κ2) is 8.47. The quantitative estimate of drug-likeness (QED) is 0.641. The Balaban J connectivity index is 1.83. The first-order valence-corrected chi connectivity index (χ1v) is 11.4. The molecule has 0 radical (unpaired) electrons. The van der Waals surface area contributed by atoms with E-state index in [2.05, 4.69) is 61.0 Å². The fourth-order valence-corrected chi connectivity index (χ4v) is 4.63. The van der Waals surface area contributed by atoms with Gasteiger partial charge in [0.05, 0.1) is 11.1 Å². The molecule has 2 aromatic rings. The zero-order chi connectivity index (χ0) is 24.0. The number of aromatic nitrogens is 2. The van der Waals surface area contributed by atoms with E-state index in [1.807, 2.05) is 26.8 Å². The normalized spacial score (nSPS) is 20.1. The molecule has 1 aliphatic carbocycles. The maximum atomic E-state index is 13.0. The smallest absolute Gasteiger partial charge is 0.169 e. The number of hydrogen-bond donors (Lipinski definition) is 2. The topological polar surface area (TPSA) is 73.4 Å². The molecule has 5 nitrogen and oxygen atoms in total.